The van der Waals surface area contributed by atoms with Gasteiger partial charge in [-0.3, -0.25) is 0 Å². The number of hydrogen-bond acceptors (Lipinski definition) is 0. The lowest BCUT2D eigenvalue weighted by atomic mass is 9.60. The van der Waals surface area contributed by atoms with Crippen LogP contribution in [0.2, 0.25) is 0 Å². The molecular formula is C14H26. The molecule has 2 aliphatic carbocycles. The minimum absolute atomic E-state index is 0.809. The van der Waals surface area contributed by atoms with E-state index >= 15 is 0 Å². The van der Waals surface area contributed by atoms with Crippen molar-refractivity contribution in [3.8, 4) is 0 Å². The molecule has 0 N–H and O–H groups in total. The van der Waals surface area contributed by atoms with Crippen LogP contribution in [0.5, 0.6) is 0 Å². The van der Waals surface area contributed by atoms with E-state index in [9.17, 15) is 0 Å². The van der Waals surface area contributed by atoms with Gasteiger partial charge in [-0.1, -0.05) is 39.5 Å². The van der Waals surface area contributed by atoms with Crippen LogP contribution in [0, 0.1) is 17.3 Å². The number of hydrogen-bond donors (Lipinski definition) is 0. The summed E-state index contributed by atoms with van der Waals surface area (Å²) in [5.41, 5.74) is 0.809. The third-order valence-corrected chi connectivity index (χ3v) is 5.04. The molecule has 2 atom stereocenters. The smallest absolute Gasteiger partial charge is 0.0295 e. The topological polar surface area (TPSA) is 0 Å². The summed E-state index contributed by atoms with van der Waals surface area (Å²) < 4.78 is 0. The molecule has 0 nitrogen and oxygen atoms in total. The molecule has 1 spiro atoms. The Morgan fingerprint density at radius 3 is 2.36 bits per heavy atom. The van der Waals surface area contributed by atoms with Crippen LogP contribution in [0.4, 0.5) is 0 Å². The van der Waals surface area contributed by atoms with E-state index in [2.05, 4.69) is 13.8 Å². The second-order valence-corrected chi connectivity index (χ2v) is 5.95. The SMILES string of the molecule is CCC1CCC2(CCCCC2)CC1C. The lowest BCUT2D eigenvalue weighted by molar-refractivity contribution is 0.0566. The highest BCUT2D eigenvalue weighted by atomic mass is 14.4. The predicted octanol–water partition coefficient (Wildman–Crippen LogP) is 4.78. The van der Waals surface area contributed by atoms with Crippen LogP contribution in [0.15, 0.2) is 0 Å². The zero-order valence-corrected chi connectivity index (χ0v) is 10.0. The first-order chi connectivity index (χ1) is 6.76. The van der Waals surface area contributed by atoms with Gasteiger partial charge in [-0.2, -0.15) is 0 Å². The van der Waals surface area contributed by atoms with Crippen molar-refractivity contribution in [1.29, 1.82) is 0 Å². The quantitative estimate of drug-likeness (QED) is 0.563. The summed E-state index contributed by atoms with van der Waals surface area (Å²) in [4.78, 5) is 0. The summed E-state index contributed by atoms with van der Waals surface area (Å²) in [7, 11) is 0. The van der Waals surface area contributed by atoms with Gasteiger partial charge in [-0.05, 0) is 49.4 Å². The molecular weight excluding hydrogens is 168 g/mol. The van der Waals surface area contributed by atoms with Crippen LogP contribution in [0.25, 0.3) is 0 Å². The average Bonchev–Trinajstić information content (AvgIpc) is 2.19. The summed E-state index contributed by atoms with van der Waals surface area (Å²) in [6.45, 7) is 4.88. The van der Waals surface area contributed by atoms with E-state index < -0.39 is 0 Å². The Kier molecular flexibility index (Phi) is 3.19. The van der Waals surface area contributed by atoms with Gasteiger partial charge in [0.25, 0.3) is 0 Å². The molecule has 0 amide bonds. The normalized spacial score (nSPS) is 37.3. The van der Waals surface area contributed by atoms with E-state index in [0.29, 0.717) is 0 Å². The largest absolute Gasteiger partial charge is 0.0651 e. The van der Waals surface area contributed by atoms with E-state index in [1.54, 1.807) is 25.7 Å². The van der Waals surface area contributed by atoms with Gasteiger partial charge in [0.2, 0.25) is 0 Å². The molecule has 82 valence electrons. The van der Waals surface area contributed by atoms with Crippen LogP contribution in [0.1, 0.15) is 71.6 Å². The Balaban J connectivity index is 1.96. The first-order valence-electron chi connectivity index (χ1n) is 6.76. The summed E-state index contributed by atoms with van der Waals surface area (Å²) >= 11 is 0. The molecule has 2 aliphatic rings. The zero-order valence-electron chi connectivity index (χ0n) is 10.0. The molecule has 0 saturated heterocycles. The van der Waals surface area contributed by atoms with Crippen molar-refractivity contribution in [3.05, 3.63) is 0 Å². The Hall–Kier alpha value is 0. The van der Waals surface area contributed by atoms with Gasteiger partial charge in [0, 0.05) is 0 Å². The number of rotatable bonds is 1. The van der Waals surface area contributed by atoms with Crippen molar-refractivity contribution >= 4 is 0 Å². The predicted molar refractivity (Wildman–Crippen MR) is 62.3 cm³/mol. The van der Waals surface area contributed by atoms with Crippen LogP contribution in [-0.4, -0.2) is 0 Å². The van der Waals surface area contributed by atoms with Crippen LogP contribution < -0.4 is 0 Å². The second kappa shape index (κ2) is 4.24. The minimum Gasteiger partial charge on any atom is -0.0651 e. The molecule has 0 heterocycles. The van der Waals surface area contributed by atoms with Gasteiger partial charge in [0.15, 0.2) is 0 Å². The summed E-state index contributed by atoms with van der Waals surface area (Å²) in [5.74, 6) is 2.05. The molecule has 2 unspecified atom stereocenters. The molecule has 0 aliphatic heterocycles. The monoisotopic (exact) mass is 194 g/mol. The molecule has 0 aromatic carbocycles. The Morgan fingerprint density at radius 2 is 1.79 bits per heavy atom. The molecule has 0 heteroatoms. The average molecular weight is 194 g/mol. The molecule has 0 bridgehead atoms. The molecule has 2 rings (SSSR count). The lowest BCUT2D eigenvalue weighted by Gasteiger charge is -2.46. The molecule has 2 saturated carbocycles. The Morgan fingerprint density at radius 1 is 1.07 bits per heavy atom. The zero-order chi connectivity index (χ0) is 10.0. The summed E-state index contributed by atoms with van der Waals surface area (Å²) in [6, 6.07) is 0. The first-order valence-corrected chi connectivity index (χ1v) is 6.76. The highest BCUT2D eigenvalue weighted by Gasteiger charge is 2.38. The second-order valence-electron chi connectivity index (χ2n) is 5.95. The van der Waals surface area contributed by atoms with Crippen LogP contribution in [0.3, 0.4) is 0 Å². The van der Waals surface area contributed by atoms with Gasteiger partial charge < -0.3 is 0 Å². The van der Waals surface area contributed by atoms with Crippen molar-refractivity contribution in [1.82, 2.24) is 0 Å². The molecule has 0 aromatic heterocycles. The van der Waals surface area contributed by atoms with Gasteiger partial charge in [0.1, 0.15) is 0 Å². The van der Waals surface area contributed by atoms with Crippen molar-refractivity contribution in [2.45, 2.75) is 71.6 Å². The van der Waals surface area contributed by atoms with Crippen molar-refractivity contribution in [3.63, 3.8) is 0 Å². The van der Waals surface area contributed by atoms with Crippen molar-refractivity contribution < 1.29 is 0 Å². The van der Waals surface area contributed by atoms with Crippen molar-refractivity contribution in [2.75, 3.05) is 0 Å². The fourth-order valence-electron chi connectivity index (χ4n) is 4.09. The third kappa shape index (κ3) is 1.99. The van der Waals surface area contributed by atoms with Gasteiger partial charge in [-0.25, -0.2) is 0 Å². The van der Waals surface area contributed by atoms with Gasteiger partial charge in [0.05, 0.1) is 0 Å². The van der Waals surface area contributed by atoms with E-state index in [1.165, 1.54) is 32.1 Å². The van der Waals surface area contributed by atoms with E-state index in [-0.39, 0.29) is 0 Å². The highest BCUT2D eigenvalue weighted by Crippen LogP contribution is 2.51. The standard InChI is InChI=1S/C14H26/c1-3-13-7-10-14(11-12(13)2)8-5-4-6-9-14/h12-13H,3-11H2,1-2H3. The Bertz CT molecular complexity index is 176. The fourth-order valence-corrected chi connectivity index (χ4v) is 4.09. The van der Waals surface area contributed by atoms with Gasteiger partial charge >= 0.3 is 0 Å². The molecule has 0 aromatic rings. The van der Waals surface area contributed by atoms with E-state index in [1.807, 2.05) is 0 Å². The third-order valence-electron chi connectivity index (χ3n) is 5.04. The lowest BCUT2D eigenvalue weighted by Crippen LogP contribution is -2.34. The molecule has 14 heavy (non-hydrogen) atoms. The van der Waals surface area contributed by atoms with E-state index in [0.717, 1.165) is 17.3 Å². The van der Waals surface area contributed by atoms with Crippen LogP contribution in [-0.2, 0) is 0 Å². The van der Waals surface area contributed by atoms with Gasteiger partial charge in [-0.15, -0.1) is 0 Å². The summed E-state index contributed by atoms with van der Waals surface area (Å²) in [6.07, 6.45) is 13.7. The Labute approximate surface area is 89.5 Å². The first kappa shape index (κ1) is 10.5. The summed E-state index contributed by atoms with van der Waals surface area (Å²) in [5, 5.41) is 0. The van der Waals surface area contributed by atoms with E-state index in [4.69, 9.17) is 0 Å². The fraction of sp³-hybridized carbons (Fsp3) is 1.00. The van der Waals surface area contributed by atoms with Crippen LogP contribution >= 0.6 is 0 Å². The highest BCUT2D eigenvalue weighted by molar-refractivity contribution is 4.90. The molecule has 0 radical (unpaired) electrons. The maximum absolute atomic E-state index is 2.50. The molecule has 2 fully saturated rings. The van der Waals surface area contributed by atoms with Crippen molar-refractivity contribution in [2.24, 2.45) is 17.3 Å². The maximum atomic E-state index is 2.50. The maximum Gasteiger partial charge on any atom is -0.0295 e. The minimum atomic E-state index is 0.809.